The SMILES string of the molecule is CN(CC1CCCN1)C(=O)c1cc([N+](=O)[O-])cnc1Cl. The fourth-order valence-electron chi connectivity index (χ4n) is 2.22. The number of carbonyl (C=O) groups excluding carboxylic acids is 1. The van der Waals surface area contributed by atoms with E-state index in [4.69, 9.17) is 11.6 Å². The van der Waals surface area contributed by atoms with Crippen LogP contribution in [0.25, 0.3) is 0 Å². The first-order valence-corrected chi connectivity index (χ1v) is 6.65. The number of rotatable bonds is 4. The quantitative estimate of drug-likeness (QED) is 0.516. The monoisotopic (exact) mass is 298 g/mol. The normalized spacial score (nSPS) is 18.0. The summed E-state index contributed by atoms with van der Waals surface area (Å²) < 4.78 is 0. The molecule has 1 aliphatic heterocycles. The van der Waals surface area contributed by atoms with Gasteiger partial charge in [0.15, 0.2) is 0 Å². The predicted molar refractivity (Wildman–Crippen MR) is 73.9 cm³/mol. The number of hydrogen-bond donors (Lipinski definition) is 1. The van der Waals surface area contributed by atoms with Gasteiger partial charge in [0, 0.05) is 25.7 Å². The molecule has 8 heteroatoms. The standard InChI is InChI=1S/C12H15ClN4O3/c1-16(7-8-3-2-4-14-8)12(18)10-5-9(17(19)20)6-15-11(10)13/h5-6,8,14H,2-4,7H2,1H3. The van der Waals surface area contributed by atoms with Crippen molar-refractivity contribution in [1.29, 1.82) is 0 Å². The third kappa shape index (κ3) is 3.23. The van der Waals surface area contributed by atoms with Crippen LogP contribution in [0.5, 0.6) is 0 Å². The molecule has 1 saturated heterocycles. The summed E-state index contributed by atoms with van der Waals surface area (Å²) in [5.41, 5.74) is -0.188. The van der Waals surface area contributed by atoms with Crippen molar-refractivity contribution in [1.82, 2.24) is 15.2 Å². The van der Waals surface area contributed by atoms with E-state index < -0.39 is 4.92 Å². The summed E-state index contributed by atoms with van der Waals surface area (Å²) in [5.74, 6) is -0.361. The molecule has 0 radical (unpaired) electrons. The first-order chi connectivity index (χ1) is 9.49. The van der Waals surface area contributed by atoms with Crippen molar-refractivity contribution in [2.24, 2.45) is 0 Å². The largest absolute Gasteiger partial charge is 0.340 e. The van der Waals surface area contributed by atoms with E-state index in [1.807, 2.05) is 0 Å². The minimum Gasteiger partial charge on any atom is -0.340 e. The summed E-state index contributed by atoms with van der Waals surface area (Å²) in [7, 11) is 1.65. The summed E-state index contributed by atoms with van der Waals surface area (Å²) in [6, 6.07) is 1.42. The number of aromatic nitrogens is 1. The first-order valence-electron chi connectivity index (χ1n) is 6.28. The van der Waals surface area contributed by atoms with Crippen LogP contribution in [0, 0.1) is 10.1 Å². The van der Waals surface area contributed by atoms with Gasteiger partial charge in [0.1, 0.15) is 11.3 Å². The zero-order chi connectivity index (χ0) is 14.7. The number of nitrogens with one attached hydrogen (secondary N) is 1. The van der Waals surface area contributed by atoms with Gasteiger partial charge in [0.2, 0.25) is 0 Å². The number of nitrogens with zero attached hydrogens (tertiary/aromatic N) is 3. The molecule has 0 aromatic carbocycles. The molecule has 7 nitrogen and oxygen atoms in total. The molecular formula is C12H15ClN4O3. The lowest BCUT2D eigenvalue weighted by atomic mass is 10.2. The molecule has 1 N–H and O–H groups in total. The van der Waals surface area contributed by atoms with E-state index >= 15 is 0 Å². The minimum atomic E-state index is -0.599. The van der Waals surface area contributed by atoms with Crippen LogP contribution in [0.2, 0.25) is 5.15 Å². The second-order valence-corrected chi connectivity index (χ2v) is 5.13. The van der Waals surface area contributed by atoms with E-state index in [9.17, 15) is 14.9 Å². The molecule has 1 fully saturated rings. The minimum absolute atomic E-state index is 0.0215. The summed E-state index contributed by atoms with van der Waals surface area (Å²) in [6.07, 6.45) is 3.14. The number of hydrogen-bond acceptors (Lipinski definition) is 5. The van der Waals surface area contributed by atoms with Crippen LogP contribution in [-0.2, 0) is 0 Å². The van der Waals surface area contributed by atoms with Crippen molar-refractivity contribution in [3.8, 4) is 0 Å². The maximum absolute atomic E-state index is 12.3. The topological polar surface area (TPSA) is 88.4 Å². The van der Waals surface area contributed by atoms with Crippen LogP contribution in [0.1, 0.15) is 23.2 Å². The Kier molecular flexibility index (Phi) is 4.51. The van der Waals surface area contributed by atoms with Crippen molar-refractivity contribution in [2.75, 3.05) is 20.1 Å². The third-order valence-corrected chi connectivity index (χ3v) is 3.57. The number of nitro groups is 1. The molecule has 1 aliphatic rings. The molecule has 2 heterocycles. The van der Waals surface area contributed by atoms with Crippen molar-refractivity contribution in [3.05, 3.63) is 33.1 Å². The van der Waals surface area contributed by atoms with Gasteiger partial charge in [-0.1, -0.05) is 11.6 Å². The average molecular weight is 299 g/mol. The van der Waals surface area contributed by atoms with Crippen molar-refractivity contribution in [3.63, 3.8) is 0 Å². The van der Waals surface area contributed by atoms with E-state index in [0.717, 1.165) is 31.6 Å². The number of pyridine rings is 1. The summed E-state index contributed by atoms with van der Waals surface area (Å²) in [5, 5.41) is 14.0. The second kappa shape index (κ2) is 6.15. The fraction of sp³-hybridized carbons (Fsp3) is 0.500. The molecule has 1 amide bonds. The molecule has 1 unspecified atom stereocenters. The van der Waals surface area contributed by atoms with Gasteiger partial charge in [-0.3, -0.25) is 14.9 Å². The number of amides is 1. The highest BCUT2D eigenvalue weighted by atomic mass is 35.5. The van der Waals surface area contributed by atoms with Gasteiger partial charge in [-0.05, 0) is 19.4 Å². The molecule has 1 aromatic rings. The summed E-state index contributed by atoms with van der Waals surface area (Å²) in [6.45, 7) is 1.49. The van der Waals surface area contributed by atoms with E-state index in [1.54, 1.807) is 7.05 Å². The van der Waals surface area contributed by atoms with Gasteiger partial charge in [-0.25, -0.2) is 4.98 Å². The molecule has 1 aromatic heterocycles. The zero-order valence-electron chi connectivity index (χ0n) is 11.0. The Morgan fingerprint density at radius 1 is 1.70 bits per heavy atom. The predicted octanol–water partition coefficient (Wildman–Crippen LogP) is 1.47. The number of likely N-dealkylation sites (N-methyl/N-ethyl adjacent to an activating group) is 1. The lowest BCUT2D eigenvalue weighted by molar-refractivity contribution is -0.385. The highest BCUT2D eigenvalue weighted by Gasteiger charge is 2.23. The van der Waals surface area contributed by atoms with Gasteiger partial charge in [-0.15, -0.1) is 0 Å². The van der Waals surface area contributed by atoms with Gasteiger partial charge in [0.05, 0.1) is 10.5 Å². The highest BCUT2D eigenvalue weighted by Crippen LogP contribution is 2.20. The fourth-order valence-corrected chi connectivity index (χ4v) is 2.40. The molecule has 108 valence electrons. The molecule has 20 heavy (non-hydrogen) atoms. The molecule has 2 rings (SSSR count). The van der Waals surface area contributed by atoms with Crippen LogP contribution in [0.4, 0.5) is 5.69 Å². The maximum atomic E-state index is 12.3. The van der Waals surface area contributed by atoms with Crippen molar-refractivity contribution in [2.45, 2.75) is 18.9 Å². The van der Waals surface area contributed by atoms with Crippen LogP contribution in [0.3, 0.4) is 0 Å². The van der Waals surface area contributed by atoms with Crippen LogP contribution in [-0.4, -0.2) is 46.9 Å². The lowest BCUT2D eigenvalue weighted by Crippen LogP contribution is -2.38. The van der Waals surface area contributed by atoms with Crippen LogP contribution in [0.15, 0.2) is 12.3 Å². The Labute approximate surface area is 121 Å². The Bertz CT molecular complexity index is 531. The summed E-state index contributed by atoms with van der Waals surface area (Å²) in [4.78, 5) is 27.6. The second-order valence-electron chi connectivity index (χ2n) is 4.77. The molecule has 1 atom stereocenters. The first kappa shape index (κ1) is 14.7. The third-order valence-electron chi connectivity index (χ3n) is 3.27. The van der Waals surface area contributed by atoms with Gasteiger partial charge >= 0.3 is 0 Å². The Morgan fingerprint density at radius 2 is 2.45 bits per heavy atom. The molecule has 0 aliphatic carbocycles. The summed E-state index contributed by atoms with van der Waals surface area (Å²) >= 11 is 5.86. The van der Waals surface area contributed by atoms with Gasteiger partial charge in [-0.2, -0.15) is 0 Å². The van der Waals surface area contributed by atoms with Crippen LogP contribution < -0.4 is 5.32 Å². The Morgan fingerprint density at radius 3 is 3.05 bits per heavy atom. The van der Waals surface area contributed by atoms with E-state index in [-0.39, 0.29) is 28.4 Å². The zero-order valence-corrected chi connectivity index (χ0v) is 11.8. The van der Waals surface area contributed by atoms with Crippen LogP contribution >= 0.6 is 11.6 Å². The smallest absolute Gasteiger partial charge is 0.288 e. The highest BCUT2D eigenvalue weighted by molar-refractivity contribution is 6.32. The van der Waals surface area contributed by atoms with E-state index in [0.29, 0.717) is 6.54 Å². The average Bonchev–Trinajstić information content (AvgIpc) is 2.91. The Balaban J connectivity index is 2.14. The molecular weight excluding hydrogens is 284 g/mol. The van der Waals surface area contributed by atoms with Gasteiger partial charge < -0.3 is 10.2 Å². The molecule has 0 spiro atoms. The molecule has 0 saturated carbocycles. The lowest BCUT2D eigenvalue weighted by Gasteiger charge is -2.21. The van der Waals surface area contributed by atoms with E-state index in [2.05, 4.69) is 10.3 Å². The number of carbonyl (C=O) groups is 1. The maximum Gasteiger partial charge on any atom is 0.288 e. The van der Waals surface area contributed by atoms with Crippen molar-refractivity contribution >= 4 is 23.2 Å². The van der Waals surface area contributed by atoms with Gasteiger partial charge in [0.25, 0.3) is 11.6 Å². The number of halogens is 1. The molecule has 0 bridgehead atoms. The van der Waals surface area contributed by atoms with E-state index in [1.165, 1.54) is 4.90 Å². The Hall–Kier alpha value is -1.73. The van der Waals surface area contributed by atoms with Crippen molar-refractivity contribution < 1.29 is 9.72 Å².